The fraction of sp³-hybridized carbons (Fsp3) is 0.875. The number of allylic oxidation sites excluding steroid dienone is 1. The SMILES string of the molecule is CC(=CCOC(=O)C(C)C)CCCC(C)CCCC(C)CCCC(C)C. The maximum Gasteiger partial charge on any atom is 0.308 e. The second-order valence-electron chi connectivity index (χ2n) is 9.19. The summed E-state index contributed by atoms with van der Waals surface area (Å²) in [6, 6.07) is 0. The first-order valence-corrected chi connectivity index (χ1v) is 11.0. The van der Waals surface area contributed by atoms with E-state index in [4.69, 9.17) is 4.74 Å². The Kier molecular flexibility index (Phi) is 14.8. The lowest BCUT2D eigenvalue weighted by molar-refractivity contribution is -0.146. The highest BCUT2D eigenvalue weighted by atomic mass is 16.5. The topological polar surface area (TPSA) is 26.3 Å². The van der Waals surface area contributed by atoms with Crippen LogP contribution in [-0.2, 0) is 9.53 Å². The van der Waals surface area contributed by atoms with Crippen molar-refractivity contribution in [3.63, 3.8) is 0 Å². The molecule has 0 rings (SSSR count). The number of rotatable bonds is 15. The summed E-state index contributed by atoms with van der Waals surface area (Å²) in [6.45, 7) is 15.8. The Morgan fingerprint density at radius 1 is 0.808 bits per heavy atom. The van der Waals surface area contributed by atoms with E-state index in [0.717, 1.165) is 24.2 Å². The van der Waals surface area contributed by atoms with Crippen LogP contribution in [0.1, 0.15) is 106 Å². The number of hydrogen-bond donors (Lipinski definition) is 0. The first kappa shape index (κ1) is 25.2. The number of ether oxygens (including phenoxy) is 1. The Hall–Kier alpha value is -0.790. The van der Waals surface area contributed by atoms with Crippen molar-refractivity contribution in [1.29, 1.82) is 0 Å². The van der Waals surface area contributed by atoms with E-state index in [1.54, 1.807) is 0 Å². The van der Waals surface area contributed by atoms with Gasteiger partial charge in [0, 0.05) is 0 Å². The van der Waals surface area contributed by atoms with E-state index in [0.29, 0.717) is 6.61 Å². The van der Waals surface area contributed by atoms with Crippen LogP contribution < -0.4 is 0 Å². The van der Waals surface area contributed by atoms with Crippen molar-refractivity contribution in [1.82, 2.24) is 0 Å². The van der Waals surface area contributed by atoms with Gasteiger partial charge in [-0.1, -0.05) is 92.1 Å². The highest BCUT2D eigenvalue weighted by Crippen LogP contribution is 2.22. The average Bonchev–Trinajstić information content (AvgIpc) is 2.54. The van der Waals surface area contributed by atoms with E-state index in [-0.39, 0.29) is 11.9 Å². The quantitative estimate of drug-likeness (QED) is 0.221. The van der Waals surface area contributed by atoms with Crippen LogP contribution in [0.2, 0.25) is 0 Å². The van der Waals surface area contributed by atoms with Crippen LogP contribution in [0.15, 0.2) is 11.6 Å². The van der Waals surface area contributed by atoms with Gasteiger partial charge in [0.2, 0.25) is 0 Å². The summed E-state index contributed by atoms with van der Waals surface area (Å²) in [7, 11) is 0. The molecule has 2 unspecified atom stereocenters. The second-order valence-corrected chi connectivity index (χ2v) is 9.19. The van der Waals surface area contributed by atoms with Crippen LogP contribution >= 0.6 is 0 Å². The molecule has 154 valence electrons. The van der Waals surface area contributed by atoms with Crippen molar-refractivity contribution in [2.24, 2.45) is 23.7 Å². The molecule has 0 spiro atoms. The van der Waals surface area contributed by atoms with Gasteiger partial charge in [-0.25, -0.2) is 0 Å². The molecule has 0 aliphatic rings. The lowest BCUT2D eigenvalue weighted by Crippen LogP contribution is -2.11. The first-order chi connectivity index (χ1) is 12.2. The van der Waals surface area contributed by atoms with E-state index in [9.17, 15) is 4.79 Å². The molecule has 0 aromatic carbocycles. The number of carbonyl (C=O) groups excluding carboxylic acids is 1. The zero-order chi connectivity index (χ0) is 19.9. The monoisotopic (exact) mass is 366 g/mol. The normalized spacial score (nSPS) is 14.7. The number of esters is 1. The largest absolute Gasteiger partial charge is 0.461 e. The Balaban J connectivity index is 3.69. The summed E-state index contributed by atoms with van der Waals surface area (Å²) in [5, 5.41) is 0. The molecule has 0 heterocycles. The lowest BCUT2D eigenvalue weighted by Gasteiger charge is -2.15. The van der Waals surface area contributed by atoms with Gasteiger partial charge in [0.15, 0.2) is 0 Å². The second kappa shape index (κ2) is 15.3. The average molecular weight is 367 g/mol. The smallest absolute Gasteiger partial charge is 0.308 e. The van der Waals surface area contributed by atoms with Crippen molar-refractivity contribution < 1.29 is 9.53 Å². The third-order valence-electron chi connectivity index (χ3n) is 5.27. The van der Waals surface area contributed by atoms with Crippen molar-refractivity contribution in [3.05, 3.63) is 11.6 Å². The Labute approximate surface area is 164 Å². The molecule has 0 fully saturated rings. The summed E-state index contributed by atoms with van der Waals surface area (Å²) in [6.07, 6.45) is 14.0. The number of carbonyl (C=O) groups is 1. The van der Waals surface area contributed by atoms with E-state index >= 15 is 0 Å². The van der Waals surface area contributed by atoms with Crippen LogP contribution in [-0.4, -0.2) is 12.6 Å². The summed E-state index contributed by atoms with van der Waals surface area (Å²) in [5.74, 6) is 2.41. The third kappa shape index (κ3) is 15.5. The lowest BCUT2D eigenvalue weighted by atomic mass is 9.91. The van der Waals surface area contributed by atoms with Crippen LogP contribution in [0, 0.1) is 23.7 Å². The molecule has 2 atom stereocenters. The zero-order valence-corrected chi connectivity index (χ0v) is 18.8. The van der Waals surface area contributed by atoms with Gasteiger partial charge in [0.25, 0.3) is 0 Å². The van der Waals surface area contributed by atoms with Crippen molar-refractivity contribution in [2.45, 2.75) is 106 Å². The molecule has 0 bridgehead atoms. The zero-order valence-electron chi connectivity index (χ0n) is 18.8. The van der Waals surface area contributed by atoms with E-state index in [1.807, 2.05) is 13.8 Å². The van der Waals surface area contributed by atoms with Crippen LogP contribution in [0.4, 0.5) is 0 Å². The molecule has 2 heteroatoms. The Morgan fingerprint density at radius 3 is 1.81 bits per heavy atom. The van der Waals surface area contributed by atoms with Gasteiger partial charge in [-0.05, 0) is 43.6 Å². The minimum atomic E-state index is -0.110. The van der Waals surface area contributed by atoms with Crippen LogP contribution in [0.3, 0.4) is 0 Å². The van der Waals surface area contributed by atoms with Crippen LogP contribution in [0.5, 0.6) is 0 Å². The minimum Gasteiger partial charge on any atom is -0.461 e. The first-order valence-electron chi connectivity index (χ1n) is 11.0. The molecule has 0 aromatic heterocycles. The molecule has 0 N–H and O–H groups in total. The minimum absolute atomic E-state index is 0.0394. The Morgan fingerprint density at radius 2 is 1.31 bits per heavy atom. The van der Waals surface area contributed by atoms with Crippen molar-refractivity contribution in [3.8, 4) is 0 Å². The van der Waals surface area contributed by atoms with Gasteiger partial charge in [-0.15, -0.1) is 0 Å². The van der Waals surface area contributed by atoms with Gasteiger partial charge in [0.1, 0.15) is 6.61 Å². The van der Waals surface area contributed by atoms with Gasteiger partial charge < -0.3 is 4.74 Å². The van der Waals surface area contributed by atoms with E-state index < -0.39 is 0 Å². The van der Waals surface area contributed by atoms with Gasteiger partial charge in [0.05, 0.1) is 5.92 Å². The molecule has 0 saturated carbocycles. The third-order valence-corrected chi connectivity index (χ3v) is 5.27. The molecule has 0 aliphatic carbocycles. The molecule has 0 radical (unpaired) electrons. The Bertz CT molecular complexity index is 382. The van der Waals surface area contributed by atoms with Gasteiger partial charge in [-0.3, -0.25) is 4.79 Å². The van der Waals surface area contributed by atoms with Gasteiger partial charge >= 0.3 is 5.97 Å². The summed E-state index contributed by atoms with van der Waals surface area (Å²) >= 11 is 0. The maximum absolute atomic E-state index is 11.4. The van der Waals surface area contributed by atoms with Crippen molar-refractivity contribution in [2.75, 3.05) is 6.61 Å². The molecule has 0 amide bonds. The molecule has 2 nitrogen and oxygen atoms in total. The fourth-order valence-corrected chi connectivity index (χ4v) is 3.24. The van der Waals surface area contributed by atoms with Crippen LogP contribution in [0.25, 0.3) is 0 Å². The van der Waals surface area contributed by atoms with Gasteiger partial charge in [-0.2, -0.15) is 0 Å². The highest BCUT2D eigenvalue weighted by molar-refractivity contribution is 5.71. The van der Waals surface area contributed by atoms with E-state index in [1.165, 1.54) is 56.9 Å². The van der Waals surface area contributed by atoms with E-state index in [2.05, 4.69) is 40.7 Å². The maximum atomic E-state index is 11.4. The summed E-state index contributed by atoms with van der Waals surface area (Å²) in [4.78, 5) is 11.4. The molecule has 0 saturated heterocycles. The standard InChI is InChI=1S/C24H46O2/c1-19(2)11-8-12-21(5)13-9-14-22(6)15-10-16-23(7)17-18-26-24(25)20(3)4/h17,19-22H,8-16,18H2,1-7H3. The summed E-state index contributed by atoms with van der Waals surface area (Å²) in [5.41, 5.74) is 1.34. The fourth-order valence-electron chi connectivity index (χ4n) is 3.24. The summed E-state index contributed by atoms with van der Waals surface area (Å²) < 4.78 is 5.20. The predicted octanol–water partition coefficient (Wildman–Crippen LogP) is 7.57. The molecular weight excluding hydrogens is 320 g/mol. The molecule has 0 aromatic rings. The highest BCUT2D eigenvalue weighted by Gasteiger charge is 2.08. The molecule has 0 aliphatic heterocycles. The number of hydrogen-bond acceptors (Lipinski definition) is 2. The van der Waals surface area contributed by atoms with Crippen molar-refractivity contribution >= 4 is 5.97 Å². The predicted molar refractivity (Wildman–Crippen MR) is 114 cm³/mol. The molecular formula is C24H46O2. The molecule has 26 heavy (non-hydrogen) atoms.